The lowest BCUT2D eigenvalue weighted by molar-refractivity contribution is -0.121. The summed E-state index contributed by atoms with van der Waals surface area (Å²) in [5.74, 6) is 0.0366. The van der Waals surface area contributed by atoms with Gasteiger partial charge in [-0.1, -0.05) is 6.08 Å². The second kappa shape index (κ2) is 7.76. The van der Waals surface area contributed by atoms with Crippen LogP contribution in [-0.4, -0.2) is 31.6 Å². The molecule has 0 saturated carbocycles. The Hall–Kier alpha value is -0.870. The predicted octanol–water partition coefficient (Wildman–Crippen LogP) is -0.384. The standard InChI is InChI=1S/C9H19N3O/c1-3-5-12-8(7-10)6-9(13)11-4-2/h3,8,12H,1,4-7,10H2,2H3,(H,11,13). The third kappa shape index (κ3) is 6.31. The van der Waals surface area contributed by atoms with Gasteiger partial charge in [0.25, 0.3) is 0 Å². The maximum atomic E-state index is 11.1. The van der Waals surface area contributed by atoms with Crippen molar-refractivity contribution in [1.29, 1.82) is 0 Å². The van der Waals surface area contributed by atoms with E-state index in [2.05, 4.69) is 17.2 Å². The summed E-state index contributed by atoms with van der Waals surface area (Å²) in [5, 5.41) is 5.83. The van der Waals surface area contributed by atoms with E-state index in [-0.39, 0.29) is 11.9 Å². The topological polar surface area (TPSA) is 67.1 Å². The third-order valence-corrected chi connectivity index (χ3v) is 1.64. The molecular formula is C9H19N3O. The van der Waals surface area contributed by atoms with Crippen molar-refractivity contribution >= 4 is 5.91 Å². The van der Waals surface area contributed by atoms with Crippen LogP contribution in [0.25, 0.3) is 0 Å². The molecule has 13 heavy (non-hydrogen) atoms. The molecule has 1 atom stereocenters. The quantitative estimate of drug-likeness (QED) is 0.473. The van der Waals surface area contributed by atoms with Gasteiger partial charge >= 0.3 is 0 Å². The van der Waals surface area contributed by atoms with Gasteiger partial charge in [-0.2, -0.15) is 0 Å². The number of rotatable bonds is 7. The molecule has 0 aliphatic heterocycles. The van der Waals surface area contributed by atoms with E-state index in [0.717, 1.165) is 0 Å². The average Bonchev–Trinajstić information content (AvgIpc) is 2.12. The molecule has 4 heteroatoms. The molecule has 0 aromatic heterocycles. The monoisotopic (exact) mass is 185 g/mol. The summed E-state index contributed by atoms with van der Waals surface area (Å²) in [7, 11) is 0. The minimum atomic E-state index is 0.0366. The minimum Gasteiger partial charge on any atom is -0.356 e. The molecule has 0 aromatic carbocycles. The van der Waals surface area contributed by atoms with Crippen LogP contribution >= 0.6 is 0 Å². The van der Waals surface area contributed by atoms with Crippen molar-refractivity contribution in [2.45, 2.75) is 19.4 Å². The number of nitrogens with two attached hydrogens (primary N) is 1. The number of hydrogen-bond donors (Lipinski definition) is 3. The van der Waals surface area contributed by atoms with Crippen molar-refractivity contribution in [2.24, 2.45) is 5.73 Å². The molecule has 4 N–H and O–H groups in total. The Morgan fingerprint density at radius 3 is 2.85 bits per heavy atom. The fraction of sp³-hybridized carbons (Fsp3) is 0.667. The first-order valence-electron chi connectivity index (χ1n) is 4.55. The Bertz CT molecular complexity index is 159. The van der Waals surface area contributed by atoms with E-state index >= 15 is 0 Å². The second-order valence-electron chi connectivity index (χ2n) is 2.79. The summed E-state index contributed by atoms with van der Waals surface area (Å²) in [6.45, 7) is 7.28. The van der Waals surface area contributed by atoms with E-state index in [1.807, 2.05) is 6.92 Å². The highest BCUT2D eigenvalue weighted by Crippen LogP contribution is 1.89. The van der Waals surface area contributed by atoms with Crippen molar-refractivity contribution in [3.05, 3.63) is 12.7 Å². The molecule has 76 valence electrons. The molecule has 0 fully saturated rings. The smallest absolute Gasteiger partial charge is 0.221 e. The summed E-state index contributed by atoms with van der Waals surface area (Å²) in [6.07, 6.45) is 2.18. The van der Waals surface area contributed by atoms with Crippen molar-refractivity contribution in [1.82, 2.24) is 10.6 Å². The Morgan fingerprint density at radius 1 is 1.69 bits per heavy atom. The lowest BCUT2D eigenvalue weighted by atomic mass is 10.2. The van der Waals surface area contributed by atoms with E-state index < -0.39 is 0 Å². The average molecular weight is 185 g/mol. The largest absolute Gasteiger partial charge is 0.356 e. The van der Waals surface area contributed by atoms with Crippen LogP contribution in [-0.2, 0) is 4.79 Å². The molecule has 0 radical (unpaired) electrons. The molecule has 0 bridgehead atoms. The number of hydrogen-bond acceptors (Lipinski definition) is 3. The van der Waals surface area contributed by atoms with Gasteiger partial charge in [0, 0.05) is 32.1 Å². The van der Waals surface area contributed by atoms with Crippen molar-refractivity contribution in [2.75, 3.05) is 19.6 Å². The van der Waals surface area contributed by atoms with Gasteiger partial charge in [-0.25, -0.2) is 0 Å². The summed E-state index contributed by atoms with van der Waals surface area (Å²) in [5.41, 5.74) is 5.48. The summed E-state index contributed by atoms with van der Waals surface area (Å²) < 4.78 is 0. The highest BCUT2D eigenvalue weighted by atomic mass is 16.1. The molecule has 0 aromatic rings. The van der Waals surface area contributed by atoms with E-state index in [9.17, 15) is 4.79 Å². The molecule has 4 nitrogen and oxygen atoms in total. The fourth-order valence-corrected chi connectivity index (χ4v) is 0.982. The maximum Gasteiger partial charge on any atom is 0.221 e. The van der Waals surface area contributed by atoms with E-state index in [4.69, 9.17) is 5.73 Å². The summed E-state index contributed by atoms with van der Waals surface area (Å²) in [6, 6.07) is 0.0459. The molecule has 0 spiro atoms. The van der Waals surface area contributed by atoms with Gasteiger partial charge in [-0.05, 0) is 6.92 Å². The van der Waals surface area contributed by atoms with E-state index in [1.54, 1.807) is 6.08 Å². The highest BCUT2D eigenvalue weighted by Gasteiger charge is 2.09. The van der Waals surface area contributed by atoms with Crippen LogP contribution in [0.2, 0.25) is 0 Å². The van der Waals surface area contributed by atoms with Crippen molar-refractivity contribution < 1.29 is 4.79 Å². The SMILES string of the molecule is C=CCNC(CN)CC(=O)NCC. The van der Waals surface area contributed by atoms with Crippen molar-refractivity contribution in [3.63, 3.8) is 0 Å². The van der Waals surface area contributed by atoms with Crippen LogP contribution in [0.15, 0.2) is 12.7 Å². The maximum absolute atomic E-state index is 11.1. The molecule has 0 heterocycles. The number of nitrogens with one attached hydrogen (secondary N) is 2. The zero-order chi connectivity index (χ0) is 10.1. The molecule has 0 saturated heterocycles. The zero-order valence-electron chi connectivity index (χ0n) is 8.18. The Balaban J connectivity index is 3.68. The lowest BCUT2D eigenvalue weighted by Gasteiger charge is -2.14. The normalized spacial score (nSPS) is 12.2. The van der Waals surface area contributed by atoms with Gasteiger partial charge in [0.1, 0.15) is 0 Å². The Labute approximate surface area is 79.6 Å². The van der Waals surface area contributed by atoms with Crippen LogP contribution in [0.3, 0.4) is 0 Å². The molecule has 0 aliphatic carbocycles. The van der Waals surface area contributed by atoms with Crippen molar-refractivity contribution in [3.8, 4) is 0 Å². The second-order valence-corrected chi connectivity index (χ2v) is 2.79. The first-order chi connectivity index (χ1) is 6.24. The van der Waals surface area contributed by atoms with Gasteiger partial charge in [0.05, 0.1) is 0 Å². The van der Waals surface area contributed by atoms with Crippen LogP contribution in [0.5, 0.6) is 0 Å². The van der Waals surface area contributed by atoms with Gasteiger partial charge in [-0.3, -0.25) is 4.79 Å². The van der Waals surface area contributed by atoms with Gasteiger partial charge < -0.3 is 16.4 Å². The van der Waals surface area contributed by atoms with E-state index in [0.29, 0.717) is 26.1 Å². The summed E-state index contributed by atoms with van der Waals surface area (Å²) in [4.78, 5) is 11.1. The minimum absolute atomic E-state index is 0.0366. The number of carbonyl (C=O) groups is 1. The van der Waals surface area contributed by atoms with Gasteiger partial charge in [0.2, 0.25) is 5.91 Å². The van der Waals surface area contributed by atoms with Gasteiger partial charge in [-0.15, -0.1) is 6.58 Å². The molecule has 1 unspecified atom stereocenters. The Kier molecular flexibility index (Phi) is 7.24. The number of carbonyl (C=O) groups excluding carboxylic acids is 1. The summed E-state index contributed by atoms with van der Waals surface area (Å²) >= 11 is 0. The zero-order valence-corrected chi connectivity index (χ0v) is 8.18. The van der Waals surface area contributed by atoms with Crippen LogP contribution in [0.4, 0.5) is 0 Å². The third-order valence-electron chi connectivity index (χ3n) is 1.64. The fourth-order valence-electron chi connectivity index (χ4n) is 0.982. The molecular weight excluding hydrogens is 166 g/mol. The van der Waals surface area contributed by atoms with Crippen LogP contribution < -0.4 is 16.4 Å². The lowest BCUT2D eigenvalue weighted by Crippen LogP contribution is -2.40. The highest BCUT2D eigenvalue weighted by molar-refractivity contribution is 5.76. The van der Waals surface area contributed by atoms with E-state index in [1.165, 1.54) is 0 Å². The Morgan fingerprint density at radius 2 is 2.38 bits per heavy atom. The van der Waals surface area contributed by atoms with Crippen LogP contribution in [0.1, 0.15) is 13.3 Å². The predicted molar refractivity (Wildman–Crippen MR) is 54.3 cm³/mol. The molecule has 0 rings (SSSR count). The number of amides is 1. The van der Waals surface area contributed by atoms with Crippen LogP contribution in [0, 0.1) is 0 Å². The molecule has 1 amide bonds. The molecule has 0 aliphatic rings. The first kappa shape index (κ1) is 12.1. The first-order valence-corrected chi connectivity index (χ1v) is 4.55. The van der Waals surface area contributed by atoms with Gasteiger partial charge in [0.15, 0.2) is 0 Å².